The Kier molecular flexibility index (Phi) is 5.20. The van der Waals surface area contributed by atoms with Gasteiger partial charge in [-0.2, -0.15) is 0 Å². The molecule has 25 heavy (non-hydrogen) atoms. The van der Waals surface area contributed by atoms with Crippen LogP contribution in [0.2, 0.25) is 0 Å². The number of ether oxygens (including phenoxy) is 2. The number of carbonyl (C=O) groups is 3. The molecule has 1 amide bonds. The molecule has 1 unspecified atom stereocenters. The van der Waals surface area contributed by atoms with E-state index in [0.29, 0.717) is 0 Å². The standard InChI is InChI=1S/C15H20BrNO7S/c1-7(18)24-6-8-9(11(19)15(2,3)4)17-13(20)10(23-5)14(17)25(21,22)12(8)16/h10,12,14H,6H2,1-5H3/t10-,12?,14+/m0/s1. The van der Waals surface area contributed by atoms with Gasteiger partial charge in [0, 0.05) is 25.0 Å². The number of methoxy groups -OCH3 is 1. The molecule has 1 fully saturated rings. The molecule has 2 aliphatic rings. The van der Waals surface area contributed by atoms with Gasteiger partial charge in [0.25, 0.3) is 5.91 Å². The molecule has 1 saturated heterocycles. The van der Waals surface area contributed by atoms with Crippen LogP contribution < -0.4 is 0 Å². The van der Waals surface area contributed by atoms with Crippen molar-refractivity contribution in [2.24, 2.45) is 5.41 Å². The van der Waals surface area contributed by atoms with Crippen molar-refractivity contribution < 1.29 is 32.3 Å². The molecular weight excluding hydrogens is 418 g/mol. The minimum Gasteiger partial charge on any atom is -0.461 e. The molecule has 3 atom stereocenters. The maximum absolute atomic E-state index is 12.9. The highest BCUT2D eigenvalue weighted by atomic mass is 79.9. The van der Waals surface area contributed by atoms with Crippen LogP contribution in [0.5, 0.6) is 0 Å². The first-order valence-corrected chi connectivity index (χ1v) is 10.0. The second-order valence-corrected chi connectivity index (χ2v) is 10.5. The highest BCUT2D eigenvalue weighted by molar-refractivity contribution is 9.11. The fraction of sp³-hybridized carbons (Fsp3) is 0.667. The van der Waals surface area contributed by atoms with Gasteiger partial charge in [0.2, 0.25) is 0 Å². The number of nitrogens with zero attached hydrogens (tertiary/aromatic N) is 1. The summed E-state index contributed by atoms with van der Waals surface area (Å²) in [4.78, 5) is 37.4. The normalized spacial score (nSPS) is 28.3. The van der Waals surface area contributed by atoms with Crippen molar-refractivity contribution in [1.82, 2.24) is 4.90 Å². The van der Waals surface area contributed by atoms with Crippen LogP contribution in [0.1, 0.15) is 27.7 Å². The summed E-state index contributed by atoms with van der Waals surface area (Å²) in [7, 11) is -2.67. The average Bonchev–Trinajstić information content (AvgIpc) is 2.48. The number of allylic oxidation sites excluding steroid dienone is 1. The molecule has 0 bridgehead atoms. The Morgan fingerprint density at radius 3 is 2.28 bits per heavy atom. The lowest BCUT2D eigenvalue weighted by atomic mass is 9.85. The zero-order valence-corrected chi connectivity index (χ0v) is 16.9. The maximum Gasteiger partial charge on any atom is 0.302 e. The topological polar surface area (TPSA) is 107 Å². The van der Waals surface area contributed by atoms with Crippen molar-refractivity contribution in [3.05, 3.63) is 11.3 Å². The van der Waals surface area contributed by atoms with Crippen LogP contribution in [-0.4, -0.2) is 60.3 Å². The first-order valence-electron chi connectivity index (χ1n) is 7.49. The lowest BCUT2D eigenvalue weighted by molar-refractivity contribution is -0.161. The second kappa shape index (κ2) is 6.48. The van der Waals surface area contributed by atoms with Crippen molar-refractivity contribution >= 4 is 43.4 Å². The van der Waals surface area contributed by atoms with E-state index in [2.05, 4.69) is 15.9 Å². The number of Topliss-reactive ketones (excluding diaryl/α,β-unsaturated/α-hetero) is 1. The summed E-state index contributed by atoms with van der Waals surface area (Å²) in [6.45, 7) is 5.74. The third-order valence-electron chi connectivity index (χ3n) is 4.02. The molecule has 2 rings (SSSR count). The van der Waals surface area contributed by atoms with E-state index < -0.39 is 55.2 Å². The molecule has 8 nitrogen and oxygen atoms in total. The van der Waals surface area contributed by atoms with Crippen LogP contribution in [0, 0.1) is 5.41 Å². The summed E-state index contributed by atoms with van der Waals surface area (Å²) in [5.74, 6) is -1.65. The van der Waals surface area contributed by atoms with Crippen LogP contribution in [0.15, 0.2) is 11.3 Å². The molecule has 10 heteroatoms. The summed E-state index contributed by atoms with van der Waals surface area (Å²) in [6, 6.07) is 0. The molecule has 2 aliphatic heterocycles. The number of amides is 1. The Morgan fingerprint density at radius 1 is 1.28 bits per heavy atom. The molecule has 2 heterocycles. The third-order valence-corrected chi connectivity index (χ3v) is 8.13. The Balaban J connectivity index is 2.66. The van der Waals surface area contributed by atoms with E-state index in [0.717, 1.165) is 4.90 Å². The lowest BCUT2D eigenvalue weighted by Gasteiger charge is -2.50. The minimum atomic E-state index is -3.91. The van der Waals surface area contributed by atoms with Gasteiger partial charge in [0.1, 0.15) is 10.8 Å². The largest absolute Gasteiger partial charge is 0.461 e. The van der Waals surface area contributed by atoms with Crippen molar-refractivity contribution in [1.29, 1.82) is 0 Å². The predicted molar refractivity (Wildman–Crippen MR) is 91.2 cm³/mol. The monoisotopic (exact) mass is 437 g/mol. The van der Waals surface area contributed by atoms with E-state index in [1.165, 1.54) is 14.0 Å². The van der Waals surface area contributed by atoms with Gasteiger partial charge >= 0.3 is 5.97 Å². The number of sulfone groups is 1. The third kappa shape index (κ3) is 3.15. The van der Waals surface area contributed by atoms with Gasteiger partial charge < -0.3 is 9.47 Å². The zero-order chi connectivity index (χ0) is 19.3. The number of alkyl halides is 1. The summed E-state index contributed by atoms with van der Waals surface area (Å²) >= 11 is 3.10. The molecule has 0 N–H and O–H groups in total. The number of ketones is 1. The van der Waals surface area contributed by atoms with Crippen LogP contribution >= 0.6 is 15.9 Å². The quantitative estimate of drug-likeness (QED) is 0.362. The van der Waals surface area contributed by atoms with Gasteiger partial charge in [-0.1, -0.05) is 36.7 Å². The molecule has 0 saturated carbocycles. The Labute approximate surface area is 154 Å². The van der Waals surface area contributed by atoms with E-state index in [-0.39, 0.29) is 11.3 Å². The van der Waals surface area contributed by atoms with E-state index in [9.17, 15) is 22.8 Å². The fourth-order valence-corrected chi connectivity index (χ4v) is 5.63. The number of β-lactam (4-membered cyclic amide) rings is 1. The number of hydrogen-bond donors (Lipinski definition) is 0. The molecule has 0 radical (unpaired) electrons. The first kappa shape index (κ1) is 20.1. The number of halogens is 1. The smallest absolute Gasteiger partial charge is 0.302 e. The Morgan fingerprint density at radius 2 is 1.84 bits per heavy atom. The van der Waals surface area contributed by atoms with Gasteiger partial charge in [-0.05, 0) is 0 Å². The van der Waals surface area contributed by atoms with E-state index in [1.54, 1.807) is 20.8 Å². The molecule has 0 aromatic rings. The predicted octanol–water partition coefficient (Wildman–Crippen LogP) is 0.751. The summed E-state index contributed by atoms with van der Waals surface area (Å²) < 4.78 is 34.2. The molecule has 0 aromatic carbocycles. The molecule has 0 aliphatic carbocycles. The SMILES string of the molecule is CO[C@H]1C(=O)N2C(C(=O)C(C)(C)C)=C(COC(C)=O)C(Br)S(=O)(=O)[C@H]12. The van der Waals surface area contributed by atoms with Crippen LogP contribution in [0.4, 0.5) is 0 Å². The highest BCUT2D eigenvalue weighted by Crippen LogP contribution is 2.45. The zero-order valence-electron chi connectivity index (χ0n) is 14.5. The minimum absolute atomic E-state index is 0.0364. The van der Waals surface area contributed by atoms with Crippen molar-refractivity contribution in [2.45, 2.75) is 43.3 Å². The van der Waals surface area contributed by atoms with E-state index in [1.807, 2.05) is 0 Å². The highest BCUT2D eigenvalue weighted by Gasteiger charge is 2.63. The fourth-order valence-electron chi connectivity index (χ4n) is 2.72. The Hall–Kier alpha value is -1.26. The van der Waals surface area contributed by atoms with Crippen LogP contribution in [0.25, 0.3) is 0 Å². The average molecular weight is 438 g/mol. The van der Waals surface area contributed by atoms with Crippen LogP contribution in [-0.2, 0) is 33.7 Å². The van der Waals surface area contributed by atoms with Crippen molar-refractivity contribution in [3.8, 4) is 0 Å². The summed E-state index contributed by atoms with van der Waals surface area (Å²) in [6.07, 6.45) is -1.16. The summed E-state index contributed by atoms with van der Waals surface area (Å²) in [5, 5.41) is -1.28. The Bertz CT molecular complexity index is 765. The lowest BCUT2D eigenvalue weighted by Crippen LogP contribution is -2.72. The number of hydrogen-bond acceptors (Lipinski definition) is 7. The number of carbonyl (C=O) groups excluding carboxylic acids is 3. The van der Waals surface area contributed by atoms with E-state index in [4.69, 9.17) is 9.47 Å². The molecule has 0 spiro atoms. The van der Waals surface area contributed by atoms with Gasteiger partial charge in [0.15, 0.2) is 27.1 Å². The second-order valence-electron chi connectivity index (χ2n) is 6.89. The molecule has 140 valence electrons. The molecular formula is C15H20BrNO7S. The van der Waals surface area contributed by atoms with Crippen LogP contribution in [0.3, 0.4) is 0 Å². The van der Waals surface area contributed by atoms with Gasteiger partial charge in [-0.15, -0.1) is 0 Å². The summed E-state index contributed by atoms with van der Waals surface area (Å²) in [5.41, 5.74) is -0.879. The van der Waals surface area contributed by atoms with E-state index >= 15 is 0 Å². The van der Waals surface area contributed by atoms with Crippen molar-refractivity contribution in [3.63, 3.8) is 0 Å². The number of rotatable bonds is 4. The van der Waals surface area contributed by atoms with Crippen molar-refractivity contribution in [2.75, 3.05) is 13.7 Å². The van der Waals surface area contributed by atoms with Gasteiger partial charge in [0.05, 0.1) is 5.70 Å². The maximum atomic E-state index is 12.9. The first-order chi connectivity index (χ1) is 11.4. The molecule has 0 aromatic heterocycles. The van der Waals surface area contributed by atoms with Gasteiger partial charge in [-0.3, -0.25) is 19.3 Å². The van der Waals surface area contributed by atoms with Gasteiger partial charge in [-0.25, -0.2) is 8.42 Å². The number of fused-ring (bicyclic) bond motifs is 1. The number of esters is 1.